The smallest absolute Gasteiger partial charge is 0.338 e. The van der Waals surface area contributed by atoms with Gasteiger partial charge in [-0.25, -0.2) is 9.79 Å². The molecule has 51 heavy (non-hydrogen) atoms. The number of nitrogens with zero attached hydrogens (tertiary/aromatic N) is 1. The highest BCUT2D eigenvalue weighted by molar-refractivity contribution is 9.09. The average Bonchev–Trinajstić information content (AvgIpc) is 3.13. The van der Waals surface area contributed by atoms with Crippen molar-refractivity contribution in [2.45, 2.75) is 72.6 Å². The van der Waals surface area contributed by atoms with Gasteiger partial charge in [-0.3, -0.25) is 0 Å². The van der Waals surface area contributed by atoms with Crippen LogP contribution in [0.4, 0.5) is 17.1 Å². The number of para-hydroxylation sites is 2. The van der Waals surface area contributed by atoms with Crippen molar-refractivity contribution in [1.29, 1.82) is 0 Å². The predicted octanol–water partition coefficient (Wildman–Crippen LogP) is 12.5. The minimum Gasteiger partial charge on any atom is -0.462 e. The summed E-state index contributed by atoms with van der Waals surface area (Å²) in [6.07, 6.45) is 2.59. The van der Waals surface area contributed by atoms with Crippen molar-refractivity contribution in [1.82, 2.24) is 0 Å². The quantitative estimate of drug-likeness (QED) is 0.0587. The van der Waals surface area contributed by atoms with Gasteiger partial charge >= 0.3 is 5.97 Å². The Balaban J connectivity index is 1.59. The van der Waals surface area contributed by atoms with Gasteiger partial charge in [0.1, 0.15) is 11.3 Å². The minimum atomic E-state index is -0.340. The highest BCUT2D eigenvalue weighted by atomic mass is 79.9. The number of halogens is 1. The molecule has 0 atom stereocenters. The first-order valence-corrected chi connectivity index (χ1v) is 19.2. The Hall–Kier alpha value is -4.68. The van der Waals surface area contributed by atoms with Crippen LogP contribution in [0.2, 0.25) is 0 Å². The fourth-order valence-corrected chi connectivity index (χ4v) is 7.04. The van der Waals surface area contributed by atoms with E-state index in [1.807, 2.05) is 30.3 Å². The van der Waals surface area contributed by atoms with Gasteiger partial charge in [-0.2, -0.15) is 0 Å². The molecule has 0 amide bonds. The number of carbonyl (C=O) groups excluding carboxylic acids is 1. The van der Waals surface area contributed by atoms with E-state index in [1.54, 1.807) is 0 Å². The van der Waals surface area contributed by atoms with Crippen molar-refractivity contribution < 1.29 is 13.9 Å². The van der Waals surface area contributed by atoms with E-state index in [2.05, 4.69) is 130 Å². The van der Waals surface area contributed by atoms with Crippen molar-refractivity contribution in [3.8, 4) is 22.5 Å². The van der Waals surface area contributed by atoms with E-state index in [0.29, 0.717) is 35.3 Å². The van der Waals surface area contributed by atoms with Gasteiger partial charge in [0.05, 0.1) is 23.2 Å². The van der Waals surface area contributed by atoms with E-state index in [9.17, 15) is 4.79 Å². The molecule has 0 bridgehead atoms. The number of aryl methyl sites for hydroxylation is 2. The molecule has 262 valence electrons. The molecule has 0 fully saturated rings. The third-order valence-electron chi connectivity index (χ3n) is 9.48. The van der Waals surface area contributed by atoms with Crippen molar-refractivity contribution in [2.75, 3.05) is 17.3 Å². The Labute approximate surface area is 310 Å². The summed E-state index contributed by atoms with van der Waals surface area (Å²) in [5, 5.41) is 6.21. The molecule has 6 rings (SSSR count). The summed E-state index contributed by atoms with van der Waals surface area (Å²) in [5.74, 6) is 1.000. The lowest BCUT2D eigenvalue weighted by molar-refractivity contribution is 0.0507. The number of hydrogen-bond acceptors (Lipinski definition) is 5. The van der Waals surface area contributed by atoms with Crippen LogP contribution in [0.1, 0.15) is 92.4 Å². The van der Waals surface area contributed by atoms with Crippen LogP contribution in [0, 0.1) is 0 Å². The molecule has 1 N–H and O–H groups in total. The predicted molar refractivity (Wildman–Crippen MR) is 215 cm³/mol. The second kappa shape index (κ2) is 16.1. The van der Waals surface area contributed by atoms with E-state index in [1.165, 1.54) is 22.3 Å². The molecule has 0 radical (unpaired) electrons. The Morgan fingerprint density at radius 3 is 2.16 bits per heavy atom. The molecule has 0 aromatic heterocycles. The lowest BCUT2D eigenvalue weighted by Crippen LogP contribution is -2.09. The number of nitrogens with one attached hydrogen (secondary N) is 1. The van der Waals surface area contributed by atoms with Crippen molar-refractivity contribution in [2.24, 2.45) is 4.99 Å². The lowest BCUT2D eigenvalue weighted by Gasteiger charge is -2.19. The van der Waals surface area contributed by atoms with Crippen LogP contribution in [0.25, 0.3) is 33.4 Å². The SMILES string of the molecule is CCc1cccc(CC)c1Nc1ccc2c(-c3ccccc3C(=O)OCCCBr)c3cc/c(=N\c4c(C(C)C)cccc4C(C)C)cc-3oc2c1. The van der Waals surface area contributed by atoms with E-state index < -0.39 is 0 Å². The lowest BCUT2D eigenvalue weighted by atomic mass is 9.90. The first-order valence-electron chi connectivity index (χ1n) is 18.1. The Bertz CT molecular complexity index is 2170. The van der Waals surface area contributed by atoms with Crippen LogP contribution in [0.15, 0.2) is 106 Å². The Kier molecular flexibility index (Phi) is 11.4. The average molecular weight is 744 g/mol. The summed E-state index contributed by atoms with van der Waals surface area (Å²) in [6.45, 7) is 13.6. The number of fused-ring (bicyclic) bond motifs is 2. The normalized spacial score (nSPS) is 12.0. The van der Waals surface area contributed by atoms with Crippen molar-refractivity contribution >= 4 is 49.9 Å². The van der Waals surface area contributed by atoms with Crippen LogP contribution in [0.5, 0.6) is 0 Å². The summed E-state index contributed by atoms with van der Waals surface area (Å²) >= 11 is 3.44. The third-order valence-corrected chi connectivity index (χ3v) is 10.0. The Morgan fingerprint density at radius 1 is 0.804 bits per heavy atom. The molecule has 1 aliphatic heterocycles. The molecule has 2 aliphatic rings. The van der Waals surface area contributed by atoms with Gasteiger partial charge in [-0.05, 0) is 89.2 Å². The topological polar surface area (TPSA) is 63.8 Å². The van der Waals surface area contributed by atoms with Crippen LogP contribution in [-0.4, -0.2) is 17.9 Å². The number of carbonyl (C=O) groups is 1. The largest absolute Gasteiger partial charge is 0.462 e. The maximum Gasteiger partial charge on any atom is 0.338 e. The molecule has 6 heteroatoms. The first-order chi connectivity index (χ1) is 24.7. The number of ether oxygens (including phenoxy) is 1. The van der Waals surface area contributed by atoms with E-state index in [4.69, 9.17) is 14.1 Å². The molecule has 5 nitrogen and oxygen atoms in total. The summed E-state index contributed by atoms with van der Waals surface area (Å²) in [5.41, 5.74) is 11.9. The van der Waals surface area contributed by atoms with Crippen LogP contribution >= 0.6 is 15.9 Å². The number of rotatable bonds is 12. The molecule has 1 aliphatic carbocycles. The molecule has 4 aromatic rings. The van der Waals surface area contributed by atoms with E-state index >= 15 is 0 Å². The molecule has 0 saturated carbocycles. The minimum absolute atomic E-state index is 0.325. The molecular formula is C45H47BrN2O3. The summed E-state index contributed by atoms with van der Waals surface area (Å²) < 4.78 is 12.5. The van der Waals surface area contributed by atoms with Crippen molar-refractivity contribution in [3.05, 3.63) is 130 Å². The maximum absolute atomic E-state index is 13.5. The molecular weight excluding hydrogens is 696 g/mol. The Morgan fingerprint density at radius 2 is 1.49 bits per heavy atom. The second-order valence-electron chi connectivity index (χ2n) is 13.6. The fourth-order valence-electron chi connectivity index (χ4n) is 6.81. The second-order valence-corrected chi connectivity index (χ2v) is 14.4. The van der Waals surface area contributed by atoms with Crippen LogP contribution in [0.3, 0.4) is 0 Å². The van der Waals surface area contributed by atoms with Crippen LogP contribution < -0.4 is 10.7 Å². The molecule has 0 unspecified atom stereocenters. The third kappa shape index (κ3) is 7.67. The van der Waals surface area contributed by atoms with Gasteiger partial charge in [-0.1, -0.05) is 112 Å². The van der Waals surface area contributed by atoms with Crippen molar-refractivity contribution in [3.63, 3.8) is 0 Å². The standard InChI is InChI=1S/C45H47BrN2O3/c1-7-30-14-11-15-31(8-2)43(30)47-32-20-22-38-40(26-32)51-41-27-33(48-44-34(28(3)4)18-12-19-35(44)29(5)6)21-23-39(41)42(38)36-16-9-10-17-37(36)45(49)50-25-13-24-46/h9-12,14-23,26-29,47H,7-8,13,24-25H2,1-6H3/b48-33+. The van der Waals surface area contributed by atoms with Gasteiger partial charge in [0.25, 0.3) is 0 Å². The zero-order valence-electron chi connectivity index (χ0n) is 30.5. The summed E-state index contributed by atoms with van der Waals surface area (Å²) in [7, 11) is 0. The van der Waals surface area contributed by atoms with Gasteiger partial charge in [-0.15, -0.1) is 0 Å². The van der Waals surface area contributed by atoms with Gasteiger partial charge < -0.3 is 14.5 Å². The highest BCUT2D eigenvalue weighted by Gasteiger charge is 2.23. The number of esters is 1. The maximum atomic E-state index is 13.5. The number of benzene rings is 5. The van der Waals surface area contributed by atoms with E-state index in [0.717, 1.165) is 69.1 Å². The zero-order valence-corrected chi connectivity index (χ0v) is 32.1. The summed E-state index contributed by atoms with van der Waals surface area (Å²) in [4.78, 5) is 18.8. The molecule has 4 aromatic carbocycles. The monoisotopic (exact) mass is 742 g/mol. The zero-order chi connectivity index (χ0) is 36.1. The van der Waals surface area contributed by atoms with Gasteiger partial charge in [0.15, 0.2) is 0 Å². The van der Waals surface area contributed by atoms with E-state index in [-0.39, 0.29) is 5.97 Å². The molecule has 0 spiro atoms. The highest BCUT2D eigenvalue weighted by Crippen LogP contribution is 2.43. The van der Waals surface area contributed by atoms with Gasteiger partial charge in [0, 0.05) is 45.4 Å². The first kappa shape index (κ1) is 36.1. The number of hydrogen-bond donors (Lipinski definition) is 1. The molecule has 0 saturated heterocycles. The molecule has 1 heterocycles. The fraction of sp³-hybridized carbons (Fsp3) is 0.289. The number of alkyl halides is 1. The van der Waals surface area contributed by atoms with Gasteiger partial charge in [0.2, 0.25) is 0 Å². The summed E-state index contributed by atoms with van der Waals surface area (Å²) in [6, 6.07) is 33.1. The number of anilines is 2. The van der Waals surface area contributed by atoms with Crippen LogP contribution in [-0.2, 0) is 17.6 Å².